The molecule has 2 aliphatic rings. The van der Waals surface area contributed by atoms with Crippen molar-refractivity contribution in [2.24, 2.45) is 5.73 Å². The molecule has 2 fully saturated rings. The third kappa shape index (κ3) is 4.35. The summed E-state index contributed by atoms with van der Waals surface area (Å²) < 4.78 is 5.78. The molecular weight excluding hydrogens is 302 g/mol. The first-order chi connectivity index (χ1) is 11.5. The van der Waals surface area contributed by atoms with E-state index in [9.17, 15) is 4.79 Å². The van der Waals surface area contributed by atoms with Crippen LogP contribution >= 0.6 is 0 Å². The second kappa shape index (κ2) is 7.64. The molecular formula is C19H29N3O2. The highest BCUT2D eigenvalue weighted by Crippen LogP contribution is 2.17. The number of nitrogens with zero attached hydrogens (tertiary/aromatic N) is 2. The van der Waals surface area contributed by atoms with E-state index in [0.717, 1.165) is 44.6 Å². The predicted molar refractivity (Wildman–Crippen MR) is 94.8 cm³/mol. The maximum Gasteiger partial charge on any atom is 0.253 e. The molecule has 2 N–H and O–H groups in total. The molecule has 3 rings (SSSR count). The fourth-order valence-corrected chi connectivity index (χ4v) is 3.80. The van der Waals surface area contributed by atoms with Crippen LogP contribution in [-0.2, 0) is 11.3 Å². The zero-order valence-electron chi connectivity index (χ0n) is 14.8. The van der Waals surface area contributed by atoms with Gasteiger partial charge in [-0.1, -0.05) is 12.1 Å². The van der Waals surface area contributed by atoms with Crippen molar-refractivity contribution in [3.63, 3.8) is 0 Å². The molecule has 0 bridgehead atoms. The summed E-state index contributed by atoms with van der Waals surface area (Å²) in [6.07, 6.45) is 2.56. The number of piperidine rings is 1. The molecule has 2 saturated heterocycles. The van der Waals surface area contributed by atoms with Gasteiger partial charge in [0.25, 0.3) is 5.91 Å². The monoisotopic (exact) mass is 331 g/mol. The van der Waals surface area contributed by atoms with Crippen LogP contribution in [0, 0.1) is 0 Å². The van der Waals surface area contributed by atoms with Crippen LogP contribution in [0.5, 0.6) is 0 Å². The van der Waals surface area contributed by atoms with Crippen molar-refractivity contribution < 1.29 is 9.53 Å². The molecule has 2 aliphatic heterocycles. The zero-order chi connectivity index (χ0) is 17.1. The van der Waals surface area contributed by atoms with Gasteiger partial charge in [0.05, 0.1) is 12.2 Å². The average Bonchev–Trinajstić information content (AvgIpc) is 2.54. The Morgan fingerprint density at radius 2 is 1.83 bits per heavy atom. The second-order valence-electron chi connectivity index (χ2n) is 7.30. The molecule has 0 aliphatic carbocycles. The van der Waals surface area contributed by atoms with Crippen molar-refractivity contribution in [2.45, 2.75) is 51.5 Å². The Balaban J connectivity index is 1.59. The normalized spacial score (nSPS) is 28.8. The molecule has 1 amide bonds. The van der Waals surface area contributed by atoms with Crippen molar-refractivity contribution in [1.29, 1.82) is 0 Å². The number of carbonyl (C=O) groups is 1. The summed E-state index contributed by atoms with van der Waals surface area (Å²) in [5.74, 6) is 0.102. The Morgan fingerprint density at radius 3 is 2.46 bits per heavy atom. The van der Waals surface area contributed by atoms with Crippen LogP contribution in [0.1, 0.15) is 42.6 Å². The van der Waals surface area contributed by atoms with Crippen LogP contribution in [0.3, 0.4) is 0 Å². The van der Waals surface area contributed by atoms with E-state index in [1.165, 1.54) is 5.56 Å². The average molecular weight is 331 g/mol. The summed E-state index contributed by atoms with van der Waals surface area (Å²) in [6, 6.07) is 8.16. The summed E-state index contributed by atoms with van der Waals surface area (Å²) in [5, 5.41) is 0. The number of nitrogens with two attached hydrogens (primary N) is 1. The lowest BCUT2D eigenvalue weighted by molar-refractivity contribution is -0.0704. The van der Waals surface area contributed by atoms with Crippen LogP contribution < -0.4 is 5.73 Å². The summed E-state index contributed by atoms with van der Waals surface area (Å²) >= 11 is 0. The Labute approximate surface area is 144 Å². The molecule has 24 heavy (non-hydrogen) atoms. The van der Waals surface area contributed by atoms with Gasteiger partial charge >= 0.3 is 0 Å². The number of carbonyl (C=O) groups excluding carboxylic acids is 1. The van der Waals surface area contributed by atoms with Gasteiger partial charge in [-0.15, -0.1) is 0 Å². The lowest BCUT2D eigenvalue weighted by Gasteiger charge is -2.35. The van der Waals surface area contributed by atoms with Gasteiger partial charge in [0.2, 0.25) is 0 Å². The first-order valence-corrected chi connectivity index (χ1v) is 9.03. The largest absolute Gasteiger partial charge is 0.373 e. The number of hydrogen-bond acceptors (Lipinski definition) is 4. The number of likely N-dealkylation sites (tertiary alicyclic amines) is 1. The summed E-state index contributed by atoms with van der Waals surface area (Å²) in [7, 11) is 0. The Bertz CT molecular complexity index is 550. The molecule has 5 heteroatoms. The van der Waals surface area contributed by atoms with E-state index < -0.39 is 0 Å². The highest BCUT2D eigenvalue weighted by atomic mass is 16.5. The van der Waals surface area contributed by atoms with Crippen molar-refractivity contribution in [3.05, 3.63) is 35.4 Å². The highest BCUT2D eigenvalue weighted by molar-refractivity contribution is 5.94. The molecule has 5 nitrogen and oxygen atoms in total. The van der Waals surface area contributed by atoms with E-state index in [0.29, 0.717) is 6.54 Å². The van der Waals surface area contributed by atoms with E-state index in [-0.39, 0.29) is 24.2 Å². The van der Waals surface area contributed by atoms with Crippen LogP contribution in [0.15, 0.2) is 24.3 Å². The minimum atomic E-state index is 0.102. The number of hydrogen-bond donors (Lipinski definition) is 1. The van der Waals surface area contributed by atoms with Gasteiger partial charge in [0, 0.05) is 44.3 Å². The first-order valence-electron chi connectivity index (χ1n) is 9.03. The number of ether oxygens (including phenoxy) is 1. The quantitative estimate of drug-likeness (QED) is 0.918. The van der Waals surface area contributed by atoms with Crippen molar-refractivity contribution in [2.75, 3.05) is 26.2 Å². The van der Waals surface area contributed by atoms with E-state index >= 15 is 0 Å². The molecule has 0 aromatic heterocycles. The molecule has 1 aromatic rings. The van der Waals surface area contributed by atoms with Gasteiger partial charge in [-0.05, 0) is 44.4 Å². The Hall–Kier alpha value is -1.43. The zero-order valence-corrected chi connectivity index (χ0v) is 14.8. The van der Waals surface area contributed by atoms with Crippen LogP contribution in [0.25, 0.3) is 0 Å². The summed E-state index contributed by atoms with van der Waals surface area (Å²) in [5.41, 5.74) is 7.98. The lowest BCUT2D eigenvalue weighted by atomic mass is 10.0. The van der Waals surface area contributed by atoms with Crippen molar-refractivity contribution in [3.8, 4) is 0 Å². The van der Waals surface area contributed by atoms with Gasteiger partial charge in [0.15, 0.2) is 0 Å². The second-order valence-corrected chi connectivity index (χ2v) is 7.30. The SMILES string of the molecule is C[C@@H]1CN(Cc2ccc(C(=O)N3CCC[C@@H](N)C3)cc2)C[C@H](C)O1. The number of amides is 1. The van der Waals surface area contributed by atoms with E-state index in [1.807, 2.05) is 17.0 Å². The number of benzene rings is 1. The van der Waals surface area contributed by atoms with Crippen LogP contribution in [0.2, 0.25) is 0 Å². The summed E-state index contributed by atoms with van der Waals surface area (Å²) in [6.45, 7) is 8.54. The van der Waals surface area contributed by atoms with Crippen LogP contribution in [0.4, 0.5) is 0 Å². The third-order valence-corrected chi connectivity index (χ3v) is 4.85. The Kier molecular flexibility index (Phi) is 5.54. The van der Waals surface area contributed by atoms with E-state index in [2.05, 4.69) is 30.9 Å². The third-order valence-electron chi connectivity index (χ3n) is 4.85. The molecule has 0 radical (unpaired) electrons. The van der Waals surface area contributed by atoms with Gasteiger partial charge in [-0.2, -0.15) is 0 Å². The molecule has 2 heterocycles. The topological polar surface area (TPSA) is 58.8 Å². The Morgan fingerprint density at radius 1 is 1.17 bits per heavy atom. The maximum absolute atomic E-state index is 12.6. The van der Waals surface area contributed by atoms with Gasteiger partial charge in [-0.25, -0.2) is 0 Å². The van der Waals surface area contributed by atoms with Crippen molar-refractivity contribution in [1.82, 2.24) is 9.80 Å². The lowest BCUT2D eigenvalue weighted by Crippen LogP contribution is -2.45. The first kappa shape index (κ1) is 17.4. The van der Waals surface area contributed by atoms with Crippen LogP contribution in [-0.4, -0.2) is 60.1 Å². The van der Waals surface area contributed by atoms with Gasteiger partial charge in [-0.3, -0.25) is 9.69 Å². The minimum absolute atomic E-state index is 0.102. The minimum Gasteiger partial charge on any atom is -0.373 e. The van der Waals surface area contributed by atoms with E-state index in [4.69, 9.17) is 10.5 Å². The fourth-order valence-electron chi connectivity index (χ4n) is 3.80. The predicted octanol–water partition coefficient (Wildman–Crippen LogP) is 1.86. The van der Waals surface area contributed by atoms with Gasteiger partial charge in [0.1, 0.15) is 0 Å². The standard InChI is InChI=1S/C19H29N3O2/c1-14-10-21(11-15(2)24-14)12-16-5-7-17(8-6-16)19(23)22-9-3-4-18(20)13-22/h5-8,14-15,18H,3-4,9-13,20H2,1-2H3/t14-,15+,18-/m1/s1. The van der Waals surface area contributed by atoms with E-state index in [1.54, 1.807) is 0 Å². The molecule has 132 valence electrons. The molecule has 0 spiro atoms. The summed E-state index contributed by atoms with van der Waals surface area (Å²) in [4.78, 5) is 16.9. The number of morpholine rings is 1. The highest BCUT2D eigenvalue weighted by Gasteiger charge is 2.23. The van der Waals surface area contributed by atoms with Crippen molar-refractivity contribution >= 4 is 5.91 Å². The smallest absolute Gasteiger partial charge is 0.253 e. The molecule has 0 saturated carbocycles. The maximum atomic E-state index is 12.6. The molecule has 0 unspecified atom stereocenters. The fraction of sp³-hybridized carbons (Fsp3) is 0.632. The van der Waals surface area contributed by atoms with Gasteiger partial charge < -0.3 is 15.4 Å². The number of rotatable bonds is 3. The molecule has 1 aromatic carbocycles. The molecule has 3 atom stereocenters.